The Kier molecular flexibility index (Phi) is 5.88. The molecule has 1 aromatic heterocycles. The van der Waals surface area contributed by atoms with Crippen LogP contribution in [0.3, 0.4) is 0 Å². The van der Waals surface area contributed by atoms with Crippen LogP contribution in [0.25, 0.3) is 10.2 Å². The Balaban J connectivity index is 1.70. The highest BCUT2D eigenvalue weighted by atomic mass is 32.1. The van der Waals surface area contributed by atoms with Gasteiger partial charge in [-0.2, -0.15) is 5.10 Å². The Labute approximate surface area is 169 Å². The Morgan fingerprint density at radius 3 is 2.83 bits per heavy atom. The number of fused-ring (bicyclic) bond motifs is 1. The monoisotopic (exact) mass is 415 g/mol. The molecule has 0 aliphatic rings. The number of nitro benzene ring substituents is 1. The predicted molar refractivity (Wildman–Crippen MR) is 110 cm³/mol. The second-order valence-corrected chi connectivity index (χ2v) is 6.92. The molecule has 0 aliphatic heterocycles. The molecule has 0 spiro atoms. The predicted octanol–water partition coefficient (Wildman–Crippen LogP) is 2.50. The summed E-state index contributed by atoms with van der Waals surface area (Å²) in [6.45, 7) is 0. The maximum atomic E-state index is 12.1. The molecule has 0 radical (unpaired) electrons. The molecule has 0 fully saturated rings. The molecule has 3 aromatic rings. The molecule has 0 bridgehead atoms. The number of nitro groups is 1. The van der Waals surface area contributed by atoms with Crippen molar-refractivity contribution in [3.8, 4) is 11.5 Å². The Bertz CT molecular complexity index is 1110. The average molecular weight is 415 g/mol. The summed E-state index contributed by atoms with van der Waals surface area (Å²) in [5.41, 5.74) is 9.75. The lowest BCUT2D eigenvalue weighted by Gasteiger charge is -2.08. The van der Waals surface area contributed by atoms with Gasteiger partial charge < -0.3 is 15.2 Å². The third-order valence-corrected chi connectivity index (χ3v) is 4.76. The van der Waals surface area contributed by atoms with E-state index >= 15 is 0 Å². The van der Waals surface area contributed by atoms with E-state index in [9.17, 15) is 14.9 Å². The molecule has 0 saturated carbocycles. The minimum atomic E-state index is -0.584. The van der Waals surface area contributed by atoms with Crippen molar-refractivity contribution < 1.29 is 19.2 Å². The highest BCUT2D eigenvalue weighted by Gasteiger charge is 2.21. The summed E-state index contributed by atoms with van der Waals surface area (Å²) < 4.78 is 11.0. The second kappa shape index (κ2) is 8.52. The van der Waals surface area contributed by atoms with Crippen LogP contribution in [-0.4, -0.2) is 36.2 Å². The Hall–Kier alpha value is -3.73. The Morgan fingerprint density at radius 1 is 1.34 bits per heavy atom. The number of hydrogen-bond donors (Lipinski definition) is 2. The molecular weight excluding hydrogens is 398 g/mol. The molecule has 1 heterocycles. The molecule has 11 heteroatoms. The van der Waals surface area contributed by atoms with Crippen LogP contribution in [0.5, 0.6) is 11.5 Å². The summed E-state index contributed by atoms with van der Waals surface area (Å²) in [5.74, 6) is -0.141. The van der Waals surface area contributed by atoms with Gasteiger partial charge in [0.1, 0.15) is 0 Å². The molecule has 0 unspecified atom stereocenters. The van der Waals surface area contributed by atoms with Gasteiger partial charge in [-0.3, -0.25) is 14.9 Å². The molecule has 1 amide bonds. The van der Waals surface area contributed by atoms with Crippen LogP contribution in [0.15, 0.2) is 35.4 Å². The number of methoxy groups -OCH3 is 2. The Morgan fingerprint density at radius 2 is 2.14 bits per heavy atom. The number of nitrogens with two attached hydrogens (primary N) is 1. The summed E-state index contributed by atoms with van der Waals surface area (Å²) in [7, 11) is 2.69. The number of benzene rings is 2. The molecule has 0 aliphatic carbocycles. The third-order valence-electron chi connectivity index (χ3n) is 3.92. The number of nitrogen functional groups attached to an aromatic ring is 1. The van der Waals surface area contributed by atoms with Gasteiger partial charge in [0.15, 0.2) is 10.9 Å². The van der Waals surface area contributed by atoms with Gasteiger partial charge in [-0.25, -0.2) is 10.4 Å². The van der Waals surface area contributed by atoms with Gasteiger partial charge in [-0.1, -0.05) is 17.4 Å². The SMILES string of the molecule is COc1cc(/C=N\NC(=O)Cc2ccc3nc(N)sc3c2)cc([N+](=O)[O-])c1OC. The number of nitrogens with zero attached hydrogens (tertiary/aromatic N) is 3. The quantitative estimate of drug-likeness (QED) is 0.343. The molecule has 10 nitrogen and oxygen atoms in total. The van der Waals surface area contributed by atoms with Gasteiger partial charge in [0.05, 0.1) is 42.0 Å². The van der Waals surface area contributed by atoms with E-state index < -0.39 is 4.92 Å². The van der Waals surface area contributed by atoms with Crippen molar-refractivity contribution >= 4 is 44.5 Å². The normalized spacial score (nSPS) is 11.0. The second-order valence-electron chi connectivity index (χ2n) is 5.86. The summed E-state index contributed by atoms with van der Waals surface area (Å²) >= 11 is 1.35. The van der Waals surface area contributed by atoms with E-state index in [1.165, 1.54) is 43.9 Å². The number of aromatic nitrogens is 1. The van der Waals surface area contributed by atoms with Crippen molar-refractivity contribution in [3.05, 3.63) is 51.6 Å². The molecule has 3 rings (SSSR count). The maximum absolute atomic E-state index is 12.1. The molecule has 29 heavy (non-hydrogen) atoms. The van der Waals surface area contributed by atoms with Gasteiger partial charge in [-0.15, -0.1) is 0 Å². The highest BCUT2D eigenvalue weighted by molar-refractivity contribution is 7.22. The fourth-order valence-corrected chi connectivity index (χ4v) is 3.47. The lowest BCUT2D eigenvalue weighted by Crippen LogP contribution is -2.19. The summed E-state index contributed by atoms with van der Waals surface area (Å²) in [4.78, 5) is 26.9. The van der Waals surface area contributed by atoms with E-state index in [1.54, 1.807) is 12.1 Å². The van der Waals surface area contributed by atoms with Crippen LogP contribution in [-0.2, 0) is 11.2 Å². The van der Waals surface area contributed by atoms with Crippen molar-refractivity contribution in [2.24, 2.45) is 5.10 Å². The van der Waals surface area contributed by atoms with Crippen molar-refractivity contribution in [2.75, 3.05) is 20.0 Å². The molecule has 0 atom stereocenters. The summed E-state index contributed by atoms with van der Waals surface area (Å²) in [6, 6.07) is 8.24. The zero-order valence-corrected chi connectivity index (χ0v) is 16.4. The van der Waals surface area contributed by atoms with Crippen LogP contribution >= 0.6 is 11.3 Å². The van der Waals surface area contributed by atoms with Crippen LogP contribution in [0.4, 0.5) is 10.8 Å². The lowest BCUT2D eigenvalue weighted by molar-refractivity contribution is -0.385. The summed E-state index contributed by atoms with van der Waals surface area (Å²) in [6.07, 6.45) is 1.40. The maximum Gasteiger partial charge on any atom is 0.315 e. The van der Waals surface area contributed by atoms with Crippen molar-refractivity contribution in [1.82, 2.24) is 10.4 Å². The van der Waals surface area contributed by atoms with Crippen molar-refractivity contribution in [1.29, 1.82) is 0 Å². The highest BCUT2D eigenvalue weighted by Crippen LogP contribution is 2.37. The number of thiazole rings is 1. The first-order chi connectivity index (χ1) is 13.9. The van der Waals surface area contributed by atoms with E-state index in [-0.39, 0.29) is 29.5 Å². The number of amides is 1. The molecule has 0 saturated heterocycles. The zero-order chi connectivity index (χ0) is 21.0. The summed E-state index contributed by atoms with van der Waals surface area (Å²) in [5, 5.41) is 15.6. The number of carbonyl (C=O) groups excluding carboxylic acids is 1. The number of rotatable bonds is 7. The van der Waals surface area contributed by atoms with Crippen molar-refractivity contribution in [2.45, 2.75) is 6.42 Å². The number of ether oxygens (including phenoxy) is 2. The average Bonchev–Trinajstić information content (AvgIpc) is 3.06. The fraction of sp³-hybridized carbons (Fsp3) is 0.167. The molecule has 2 aromatic carbocycles. The first kappa shape index (κ1) is 20.0. The third kappa shape index (κ3) is 4.58. The molecular formula is C18H17N5O5S. The zero-order valence-electron chi connectivity index (χ0n) is 15.5. The van der Waals surface area contributed by atoms with E-state index in [4.69, 9.17) is 15.2 Å². The van der Waals surface area contributed by atoms with E-state index in [0.29, 0.717) is 10.7 Å². The van der Waals surface area contributed by atoms with Crippen LogP contribution in [0.2, 0.25) is 0 Å². The van der Waals surface area contributed by atoms with Gasteiger partial charge >= 0.3 is 5.69 Å². The molecule has 3 N–H and O–H groups in total. The number of carbonyl (C=O) groups is 1. The lowest BCUT2D eigenvalue weighted by atomic mass is 10.1. The topological polar surface area (TPSA) is 142 Å². The first-order valence-electron chi connectivity index (χ1n) is 8.28. The number of nitrogens with one attached hydrogen (secondary N) is 1. The number of hydrogen-bond acceptors (Lipinski definition) is 9. The van der Waals surface area contributed by atoms with E-state index in [0.717, 1.165) is 15.8 Å². The van der Waals surface area contributed by atoms with Crippen LogP contribution in [0, 0.1) is 10.1 Å². The minimum absolute atomic E-state index is 0.0118. The largest absolute Gasteiger partial charge is 0.493 e. The first-order valence-corrected chi connectivity index (χ1v) is 9.10. The fourth-order valence-electron chi connectivity index (χ4n) is 2.68. The van der Waals surface area contributed by atoms with Crippen molar-refractivity contribution in [3.63, 3.8) is 0 Å². The number of anilines is 1. The minimum Gasteiger partial charge on any atom is -0.493 e. The van der Waals surface area contributed by atoms with Crippen LogP contribution < -0.4 is 20.6 Å². The van der Waals surface area contributed by atoms with Gasteiger partial charge in [0.25, 0.3) is 0 Å². The van der Waals surface area contributed by atoms with Gasteiger partial charge in [-0.05, 0) is 23.8 Å². The van der Waals surface area contributed by atoms with E-state index in [2.05, 4.69) is 15.5 Å². The standard InChI is InChI=1S/C18H17N5O5S/c1-27-14-6-11(5-13(23(25)26)17(14)28-2)9-20-22-16(24)8-10-3-4-12-15(7-10)29-18(19)21-12/h3-7,9H,8H2,1-2H3,(H2,19,21)(H,22,24)/b20-9-. The van der Waals surface area contributed by atoms with Gasteiger partial charge in [0, 0.05) is 11.6 Å². The molecule has 150 valence electrons. The number of hydrazone groups is 1. The van der Waals surface area contributed by atoms with Crippen LogP contribution in [0.1, 0.15) is 11.1 Å². The van der Waals surface area contributed by atoms with Gasteiger partial charge in [0.2, 0.25) is 11.7 Å². The smallest absolute Gasteiger partial charge is 0.315 e. The van der Waals surface area contributed by atoms with E-state index in [1.807, 2.05) is 6.07 Å².